The largest absolute Gasteiger partial charge is 0.344 e. The monoisotopic (exact) mass is 256 g/mol. The topological polar surface area (TPSA) is 54.3 Å². The second-order valence-electron chi connectivity index (χ2n) is 4.36. The van der Waals surface area contributed by atoms with Gasteiger partial charge in [0.05, 0.1) is 0 Å². The highest BCUT2D eigenvalue weighted by Gasteiger charge is 2.00. The molecular weight excluding hydrogens is 240 g/mol. The fourth-order valence-corrected chi connectivity index (χ4v) is 1.81. The third-order valence-corrected chi connectivity index (χ3v) is 2.85. The van der Waals surface area contributed by atoms with E-state index in [9.17, 15) is 4.79 Å². The number of aromatic nitrogens is 1. The summed E-state index contributed by atoms with van der Waals surface area (Å²) in [5.41, 5.74) is 4.90. The van der Waals surface area contributed by atoms with E-state index in [1.54, 1.807) is 11.6 Å². The van der Waals surface area contributed by atoms with Crippen molar-refractivity contribution in [1.29, 1.82) is 0 Å². The summed E-state index contributed by atoms with van der Waals surface area (Å²) in [5.74, 6) is -0.539. The maximum Gasteiger partial charge on any atom is 0.267 e. The molecule has 2 aromatic rings. The van der Waals surface area contributed by atoms with Crippen LogP contribution < -0.4 is 5.48 Å². The molecular formula is C15H16N2O2. The third-order valence-electron chi connectivity index (χ3n) is 2.85. The van der Waals surface area contributed by atoms with Crippen LogP contribution in [0.15, 0.2) is 48.7 Å². The van der Waals surface area contributed by atoms with Crippen LogP contribution in [0.25, 0.3) is 6.08 Å². The summed E-state index contributed by atoms with van der Waals surface area (Å²) in [4.78, 5) is 11.0. The Balaban J connectivity index is 2.13. The van der Waals surface area contributed by atoms with Crippen LogP contribution in [-0.4, -0.2) is 15.7 Å². The van der Waals surface area contributed by atoms with Crippen molar-refractivity contribution in [3.05, 3.63) is 65.5 Å². The van der Waals surface area contributed by atoms with Gasteiger partial charge in [-0.15, -0.1) is 0 Å². The Hall–Kier alpha value is -2.33. The summed E-state index contributed by atoms with van der Waals surface area (Å²) >= 11 is 0. The Morgan fingerprint density at radius 1 is 1.32 bits per heavy atom. The first kappa shape index (κ1) is 13.1. The number of nitrogens with one attached hydrogen (secondary N) is 1. The van der Waals surface area contributed by atoms with Crippen molar-refractivity contribution in [2.24, 2.45) is 0 Å². The number of benzene rings is 1. The van der Waals surface area contributed by atoms with Crippen LogP contribution in [0.4, 0.5) is 0 Å². The zero-order chi connectivity index (χ0) is 13.7. The zero-order valence-corrected chi connectivity index (χ0v) is 10.7. The highest BCUT2D eigenvalue weighted by Crippen LogP contribution is 2.10. The molecule has 2 rings (SSSR count). The molecule has 1 aromatic heterocycles. The number of nitrogens with zero attached hydrogens (tertiary/aromatic N) is 1. The number of hydrogen-bond donors (Lipinski definition) is 2. The molecule has 4 heteroatoms. The van der Waals surface area contributed by atoms with E-state index in [1.165, 1.54) is 17.2 Å². The lowest BCUT2D eigenvalue weighted by atomic mass is 10.1. The van der Waals surface area contributed by atoms with E-state index >= 15 is 0 Å². The highest BCUT2D eigenvalue weighted by atomic mass is 16.5. The predicted octanol–water partition coefficient (Wildman–Crippen LogP) is 2.36. The van der Waals surface area contributed by atoms with Crippen molar-refractivity contribution in [3.8, 4) is 0 Å². The van der Waals surface area contributed by atoms with Gasteiger partial charge < -0.3 is 4.57 Å². The van der Waals surface area contributed by atoms with Crippen LogP contribution in [-0.2, 0) is 11.3 Å². The second-order valence-corrected chi connectivity index (χ2v) is 4.36. The number of amides is 1. The number of carbonyl (C=O) groups excluding carboxylic acids is 1. The van der Waals surface area contributed by atoms with Gasteiger partial charge in [0, 0.05) is 24.5 Å². The van der Waals surface area contributed by atoms with Crippen LogP contribution >= 0.6 is 0 Å². The van der Waals surface area contributed by atoms with Gasteiger partial charge in [-0.1, -0.05) is 29.8 Å². The van der Waals surface area contributed by atoms with Gasteiger partial charge in [0.1, 0.15) is 0 Å². The Labute approximate surface area is 112 Å². The minimum absolute atomic E-state index is 0.539. The van der Waals surface area contributed by atoms with Gasteiger partial charge in [0.15, 0.2) is 0 Å². The van der Waals surface area contributed by atoms with E-state index in [2.05, 4.69) is 31.2 Å². The molecule has 4 nitrogen and oxygen atoms in total. The maximum atomic E-state index is 11.0. The third kappa shape index (κ3) is 3.56. The Morgan fingerprint density at radius 3 is 2.74 bits per heavy atom. The molecule has 0 radical (unpaired) electrons. The van der Waals surface area contributed by atoms with Crippen molar-refractivity contribution in [2.75, 3.05) is 0 Å². The molecule has 0 aliphatic rings. The average molecular weight is 256 g/mol. The van der Waals surface area contributed by atoms with Crippen LogP contribution in [0.1, 0.15) is 16.8 Å². The van der Waals surface area contributed by atoms with Crippen molar-refractivity contribution in [1.82, 2.24) is 10.0 Å². The minimum Gasteiger partial charge on any atom is -0.344 e. The fraction of sp³-hybridized carbons (Fsp3) is 0.133. The summed E-state index contributed by atoms with van der Waals surface area (Å²) in [6.45, 7) is 2.80. The van der Waals surface area contributed by atoms with Crippen LogP contribution in [0.5, 0.6) is 0 Å². The molecule has 0 fully saturated rings. The molecule has 1 amide bonds. The van der Waals surface area contributed by atoms with Crippen molar-refractivity contribution < 1.29 is 10.0 Å². The van der Waals surface area contributed by atoms with Gasteiger partial charge >= 0.3 is 0 Å². The van der Waals surface area contributed by atoms with E-state index < -0.39 is 5.91 Å². The molecule has 2 N–H and O–H groups in total. The SMILES string of the molecule is Cc1ccc(Cn2cccc2C=CC(=O)NO)cc1. The van der Waals surface area contributed by atoms with Crippen LogP contribution in [0, 0.1) is 6.92 Å². The molecule has 19 heavy (non-hydrogen) atoms. The number of rotatable bonds is 4. The average Bonchev–Trinajstić information content (AvgIpc) is 2.86. The molecule has 1 aromatic carbocycles. The number of carbonyl (C=O) groups is 1. The van der Waals surface area contributed by atoms with E-state index in [4.69, 9.17) is 5.21 Å². The first-order valence-electron chi connectivity index (χ1n) is 6.02. The Bertz CT molecular complexity index is 582. The van der Waals surface area contributed by atoms with Gasteiger partial charge in [0.2, 0.25) is 0 Å². The molecule has 0 atom stereocenters. The lowest BCUT2D eigenvalue weighted by molar-refractivity contribution is -0.124. The summed E-state index contributed by atoms with van der Waals surface area (Å²) < 4.78 is 2.03. The van der Waals surface area contributed by atoms with E-state index in [-0.39, 0.29) is 0 Å². The Morgan fingerprint density at radius 2 is 2.05 bits per heavy atom. The van der Waals surface area contributed by atoms with Crippen LogP contribution in [0.3, 0.4) is 0 Å². The maximum absolute atomic E-state index is 11.0. The molecule has 0 unspecified atom stereocenters. The van der Waals surface area contributed by atoms with E-state index in [0.29, 0.717) is 0 Å². The van der Waals surface area contributed by atoms with Crippen molar-refractivity contribution >= 4 is 12.0 Å². The van der Waals surface area contributed by atoms with E-state index in [1.807, 2.05) is 22.9 Å². The lowest BCUT2D eigenvalue weighted by Crippen LogP contribution is -2.15. The van der Waals surface area contributed by atoms with Gasteiger partial charge in [-0.2, -0.15) is 0 Å². The zero-order valence-electron chi connectivity index (χ0n) is 10.7. The first-order chi connectivity index (χ1) is 9.19. The molecule has 0 spiro atoms. The summed E-state index contributed by atoms with van der Waals surface area (Å²) in [6.07, 6.45) is 4.91. The number of hydrogen-bond acceptors (Lipinski definition) is 2. The molecule has 0 saturated heterocycles. The van der Waals surface area contributed by atoms with Gasteiger partial charge in [-0.05, 0) is 30.7 Å². The molecule has 0 bridgehead atoms. The van der Waals surface area contributed by atoms with Gasteiger partial charge in [0.25, 0.3) is 5.91 Å². The van der Waals surface area contributed by atoms with Crippen molar-refractivity contribution in [3.63, 3.8) is 0 Å². The number of hydroxylamine groups is 1. The van der Waals surface area contributed by atoms with Gasteiger partial charge in [-0.3, -0.25) is 10.0 Å². The summed E-state index contributed by atoms with van der Waals surface area (Å²) in [6, 6.07) is 12.2. The normalized spacial score (nSPS) is 10.8. The molecule has 0 saturated carbocycles. The second kappa shape index (κ2) is 6.02. The Kier molecular flexibility index (Phi) is 4.15. The standard InChI is InChI=1S/C15H16N2O2/c1-12-4-6-13(7-5-12)11-17-10-2-3-14(17)8-9-15(18)16-19/h2-10,19H,11H2,1H3,(H,16,18). The van der Waals surface area contributed by atoms with Crippen molar-refractivity contribution in [2.45, 2.75) is 13.5 Å². The highest BCUT2D eigenvalue weighted by molar-refractivity contribution is 5.90. The first-order valence-corrected chi connectivity index (χ1v) is 6.02. The predicted molar refractivity (Wildman–Crippen MR) is 73.7 cm³/mol. The minimum atomic E-state index is -0.539. The van der Waals surface area contributed by atoms with Crippen LogP contribution in [0.2, 0.25) is 0 Å². The molecule has 0 aliphatic carbocycles. The summed E-state index contributed by atoms with van der Waals surface area (Å²) in [7, 11) is 0. The van der Waals surface area contributed by atoms with Gasteiger partial charge in [-0.25, -0.2) is 5.48 Å². The quantitative estimate of drug-likeness (QED) is 0.501. The molecule has 0 aliphatic heterocycles. The molecule has 98 valence electrons. The lowest BCUT2D eigenvalue weighted by Gasteiger charge is -2.07. The van der Waals surface area contributed by atoms with E-state index in [0.717, 1.165) is 12.2 Å². The smallest absolute Gasteiger partial charge is 0.267 e. The fourth-order valence-electron chi connectivity index (χ4n) is 1.81. The summed E-state index contributed by atoms with van der Waals surface area (Å²) in [5, 5.41) is 8.44. The molecule has 1 heterocycles. The number of aryl methyl sites for hydroxylation is 1.